The highest BCUT2D eigenvalue weighted by molar-refractivity contribution is 9.10. The van der Waals surface area contributed by atoms with Gasteiger partial charge in [-0.3, -0.25) is 4.90 Å². The molecule has 1 aromatic rings. The van der Waals surface area contributed by atoms with Gasteiger partial charge in [-0.25, -0.2) is 0 Å². The maximum absolute atomic E-state index is 3.70. The predicted octanol–water partition coefficient (Wildman–Crippen LogP) is 4.04. The molecule has 0 aliphatic carbocycles. The number of rotatable bonds is 3. The van der Waals surface area contributed by atoms with Crippen LogP contribution < -0.4 is 5.32 Å². The summed E-state index contributed by atoms with van der Waals surface area (Å²) in [5.74, 6) is 0.863. The summed E-state index contributed by atoms with van der Waals surface area (Å²) >= 11 is 5.45. The Morgan fingerprint density at radius 2 is 2.32 bits per heavy atom. The smallest absolute Gasteiger partial charge is 0.0413 e. The van der Waals surface area contributed by atoms with E-state index in [1.807, 2.05) is 11.3 Å². The third-order valence-corrected chi connectivity index (χ3v) is 6.57. The summed E-state index contributed by atoms with van der Waals surface area (Å²) in [6, 6.07) is 3.64. The molecule has 0 amide bonds. The van der Waals surface area contributed by atoms with Crippen LogP contribution in [-0.4, -0.2) is 30.6 Å². The summed E-state index contributed by atoms with van der Waals surface area (Å²) in [5.41, 5.74) is 0. The first-order chi connectivity index (χ1) is 9.24. The Morgan fingerprint density at radius 1 is 1.42 bits per heavy atom. The van der Waals surface area contributed by atoms with Crippen molar-refractivity contribution in [2.24, 2.45) is 5.92 Å². The highest BCUT2D eigenvalue weighted by Gasteiger charge is 2.31. The van der Waals surface area contributed by atoms with Crippen LogP contribution in [0.5, 0.6) is 0 Å². The van der Waals surface area contributed by atoms with E-state index >= 15 is 0 Å². The molecule has 0 spiro atoms. The lowest BCUT2D eigenvalue weighted by molar-refractivity contribution is 0.116. The third-order valence-electron chi connectivity index (χ3n) is 4.70. The fourth-order valence-electron chi connectivity index (χ4n) is 3.56. The van der Waals surface area contributed by atoms with Crippen LogP contribution in [0.4, 0.5) is 0 Å². The van der Waals surface area contributed by atoms with Crippen LogP contribution in [0.3, 0.4) is 0 Å². The molecule has 0 radical (unpaired) electrons. The van der Waals surface area contributed by atoms with Crippen molar-refractivity contribution in [3.05, 3.63) is 20.8 Å². The number of likely N-dealkylation sites (tertiary alicyclic amines) is 1. The summed E-state index contributed by atoms with van der Waals surface area (Å²) in [6.45, 7) is 6.13. The first kappa shape index (κ1) is 14.1. The zero-order chi connectivity index (χ0) is 13.2. The number of piperidine rings is 1. The second-order valence-corrected chi connectivity index (χ2v) is 7.80. The van der Waals surface area contributed by atoms with Crippen molar-refractivity contribution in [3.8, 4) is 0 Å². The Kier molecular flexibility index (Phi) is 4.62. The number of nitrogens with one attached hydrogen (secondary N) is 1. The van der Waals surface area contributed by atoms with Crippen molar-refractivity contribution in [2.45, 2.75) is 44.7 Å². The van der Waals surface area contributed by atoms with Crippen LogP contribution in [0.15, 0.2) is 15.9 Å². The molecule has 0 bridgehead atoms. The fourth-order valence-corrected chi connectivity index (χ4v) is 5.10. The molecule has 3 unspecified atom stereocenters. The first-order valence-electron chi connectivity index (χ1n) is 7.45. The van der Waals surface area contributed by atoms with Crippen LogP contribution in [-0.2, 0) is 0 Å². The van der Waals surface area contributed by atoms with Gasteiger partial charge in [-0.15, -0.1) is 11.3 Å². The molecule has 3 atom stereocenters. The van der Waals surface area contributed by atoms with Crippen LogP contribution >= 0.6 is 27.3 Å². The normalized spacial score (nSPS) is 30.6. The molecule has 0 aromatic carbocycles. The second-order valence-electron chi connectivity index (χ2n) is 5.94. The number of thiophene rings is 1. The molecule has 1 N–H and O–H groups in total. The van der Waals surface area contributed by atoms with Crippen LogP contribution in [0, 0.1) is 5.92 Å². The van der Waals surface area contributed by atoms with Gasteiger partial charge in [0.2, 0.25) is 0 Å². The van der Waals surface area contributed by atoms with Crippen LogP contribution in [0.2, 0.25) is 0 Å². The zero-order valence-electron chi connectivity index (χ0n) is 11.6. The average molecular weight is 343 g/mol. The van der Waals surface area contributed by atoms with E-state index in [2.05, 4.69) is 44.5 Å². The lowest BCUT2D eigenvalue weighted by Gasteiger charge is -2.38. The number of hydrogen-bond acceptors (Lipinski definition) is 3. The Bertz CT molecular complexity index is 414. The second kappa shape index (κ2) is 6.25. The molecule has 3 rings (SSSR count). The Hall–Kier alpha value is 0.1000. The van der Waals surface area contributed by atoms with Crippen molar-refractivity contribution < 1.29 is 0 Å². The van der Waals surface area contributed by atoms with Gasteiger partial charge >= 0.3 is 0 Å². The largest absolute Gasteiger partial charge is 0.314 e. The molecule has 106 valence electrons. The summed E-state index contributed by atoms with van der Waals surface area (Å²) in [5, 5.41) is 5.90. The standard InChI is InChI=1S/C15H23BrN2S/c1-11(15-8-13(16)10-19-15)18-7-3-4-12(9-18)14-5-2-6-17-14/h8,10-12,14,17H,2-7,9H2,1H3. The van der Waals surface area contributed by atoms with Gasteiger partial charge < -0.3 is 5.32 Å². The Morgan fingerprint density at radius 3 is 3.00 bits per heavy atom. The fraction of sp³-hybridized carbons (Fsp3) is 0.733. The first-order valence-corrected chi connectivity index (χ1v) is 9.12. The molecular weight excluding hydrogens is 320 g/mol. The van der Waals surface area contributed by atoms with Crippen LogP contribution in [0.1, 0.15) is 43.5 Å². The van der Waals surface area contributed by atoms with E-state index in [1.54, 1.807) is 0 Å². The lowest BCUT2D eigenvalue weighted by Crippen LogP contribution is -2.44. The monoisotopic (exact) mass is 342 g/mol. The minimum absolute atomic E-state index is 0.570. The van der Waals surface area contributed by atoms with Crippen molar-refractivity contribution >= 4 is 27.3 Å². The van der Waals surface area contributed by atoms with Crippen molar-refractivity contribution in [3.63, 3.8) is 0 Å². The van der Waals surface area contributed by atoms with E-state index in [9.17, 15) is 0 Å². The SMILES string of the molecule is CC(c1cc(Br)cs1)N1CCCC(C2CCCN2)C1. The van der Waals surface area contributed by atoms with Gasteiger partial charge in [-0.2, -0.15) is 0 Å². The van der Waals surface area contributed by atoms with E-state index < -0.39 is 0 Å². The van der Waals surface area contributed by atoms with Gasteiger partial charge in [-0.05, 0) is 73.6 Å². The highest BCUT2D eigenvalue weighted by Crippen LogP contribution is 2.33. The summed E-state index contributed by atoms with van der Waals surface area (Å²) in [4.78, 5) is 4.18. The molecule has 2 nitrogen and oxygen atoms in total. The zero-order valence-corrected chi connectivity index (χ0v) is 14.0. The molecule has 2 aliphatic heterocycles. The average Bonchev–Trinajstić information content (AvgIpc) is 3.09. The quantitative estimate of drug-likeness (QED) is 0.891. The molecule has 2 fully saturated rings. The molecule has 2 saturated heterocycles. The van der Waals surface area contributed by atoms with Crippen LogP contribution in [0.25, 0.3) is 0 Å². The molecular formula is C15H23BrN2S. The lowest BCUT2D eigenvalue weighted by atomic mass is 9.89. The van der Waals surface area contributed by atoms with Crippen molar-refractivity contribution in [1.82, 2.24) is 10.2 Å². The Labute approximate surface area is 128 Å². The maximum Gasteiger partial charge on any atom is 0.0413 e. The molecule has 3 heterocycles. The number of hydrogen-bond donors (Lipinski definition) is 1. The molecule has 2 aliphatic rings. The molecule has 19 heavy (non-hydrogen) atoms. The molecule has 1 aromatic heterocycles. The molecule has 4 heteroatoms. The van der Waals surface area contributed by atoms with E-state index in [0.717, 1.165) is 12.0 Å². The topological polar surface area (TPSA) is 15.3 Å². The Balaban J connectivity index is 1.64. The van der Waals surface area contributed by atoms with E-state index in [1.165, 1.54) is 54.7 Å². The van der Waals surface area contributed by atoms with E-state index in [0.29, 0.717) is 6.04 Å². The van der Waals surface area contributed by atoms with Gasteiger partial charge in [0.15, 0.2) is 0 Å². The summed E-state index contributed by atoms with van der Waals surface area (Å²) in [7, 11) is 0. The van der Waals surface area contributed by atoms with Gasteiger partial charge in [0.1, 0.15) is 0 Å². The highest BCUT2D eigenvalue weighted by atomic mass is 79.9. The van der Waals surface area contributed by atoms with Gasteiger partial charge in [-0.1, -0.05) is 0 Å². The predicted molar refractivity (Wildman–Crippen MR) is 85.8 cm³/mol. The molecule has 0 saturated carbocycles. The van der Waals surface area contributed by atoms with Gasteiger partial charge in [0.05, 0.1) is 0 Å². The van der Waals surface area contributed by atoms with Crippen molar-refractivity contribution in [2.75, 3.05) is 19.6 Å². The minimum Gasteiger partial charge on any atom is -0.314 e. The number of halogens is 1. The summed E-state index contributed by atoms with van der Waals surface area (Å²) in [6.07, 6.45) is 5.53. The van der Waals surface area contributed by atoms with Gasteiger partial charge in [0.25, 0.3) is 0 Å². The third kappa shape index (κ3) is 3.23. The minimum atomic E-state index is 0.570. The maximum atomic E-state index is 3.70. The van der Waals surface area contributed by atoms with Crippen molar-refractivity contribution in [1.29, 1.82) is 0 Å². The van der Waals surface area contributed by atoms with E-state index in [-0.39, 0.29) is 0 Å². The van der Waals surface area contributed by atoms with E-state index in [4.69, 9.17) is 0 Å². The summed E-state index contributed by atoms with van der Waals surface area (Å²) < 4.78 is 1.23. The number of nitrogens with zero attached hydrogens (tertiary/aromatic N) is 1. The van der Waals surface area contributed by atoms with Gasteiger partial charge in [0, 0.05) is 33.4 Å².